The van der Waals surface area contributed by atoms with E-state index in [0.29, 0.717) is 11.9 Å². The number of hydrogen-bond acceptors (Lipinski definition) is 5. The van der Waals surface area contributed by atoms with Crippen molar-refractivity contribution in [1.29, 1.82) is 0 Å². The highest BCUT2D eigenvalue weighted by atomic mass is 19.1. The van der Waals surface area contributed by atoms with E-state index in [9.17, 15) is 4.39 Å². The van der Waals surface area contributed by atoms with Crippen LogP contribution in [0, 0.1) is 5.82 Å². The Balaban J connectivity index is 1.84. The van der Waals surface area contributed by atoms with E-state index >= 15 is 0 Å². The lowest BCUT2D eigenvalue weighted by Crippen LogP contribution is -2.30. The first-order valence-electron chi connectivity index (χ1n) is 8.81. The highest BCUT2D eigenvalue weighted by molar-refractivity contribution is 5.63. The minimum Gasteiger partial charge on any atom is -0.373 e. The Morgan fingerprint density at radius 2 is 1.88 bits per heavy atom. The first kappa shape index (κ1) is 16.7. The molecule has 1 aliphatic rings. The van der Waals surface area contributed by atoms with Gasteiger partial charge in [0.05, 0.1) is 6.20 Å². The van der Waals surface area contributed by atoms with Gasteiger partial charge in [-0.15, -0.1) is 0 Å². The van der Waals surface area contributed by atoms with E-state index in [1.807, 2.05) is 19.3 Å². The van der Waals surface area contributed by atoms with E-state index in [0.717, 1.165) is 48.8 Å². The number of hydrogen-bond donors (Lipinski definition) is 2. The Morgan fingerprint density at radius 1 is 1.12 bits per heavy atom. The summed E-state index contributed by atoms with van der Waals surface area (Å²) >= 11 is 0. The molecule has 0 aliphatic carbocycles. The summed E-state index contributed by atoms with van der Waals surface area (Å²) in [5.41, 5.74) is 1.77. The molecular formula is C19H21FN6. The summed E-state index contributed by atoms with van der Waals surface area (Å²) in [4.78, 5) is 13.7. The molecule has 0 amide bonds. The maximum Gasteiger partial charge on any atom is 0.179 e. The third-order valence-corrected chi connectivity index (χ3v) is 4.71. The lowest BCUT2D eigenvalue weighted by molar-refractivity contribution is 0.372. The van der Waals surface area contributed by atoms with Gasteiger partial charge < -0.3 is 15.2 Å². The quantitative estimate of drug-likeness (QED) is 0.755. The zero-order chi connectivity index (χ0) is 17.9. The highest BCUT2D eigenvalue weighted by Crippen LogP contribution is 2.32. The third kappa shape index (κ3) is 3.17. The lowest BCUT2D eigenvalue weighted by Gasteiger charge is -2.27. The van der Waals surface area contributed by atoms with Gasteiger partial charge in [-0.3, -0.25) is 0 Å². The van der Waals surface area contributed by atoms with Crippen molar-refractivity contribution < 1.29 is 4.39 Å². The number of benzene rings is 1. The normalized spacial score (nSPS) is 15.2. The number of aromatic nitrogens is 4. The van der Waals surface area contributed by atoms with E-state index in [1.54, 1.807) is 18.3 Å². The molecule has 1 saturated heterocycles. The number of nitrogens with one attached hydrogen (secondary N) is 2. The van der Waals surface area contributed by atoms with Crippen molar-refractivity contribution in [1.82, 2.24) is 24.8 Å². The number of rotatable bonds is 4. The van der Waals surface area contributed by atoms with E-state index in [-0.39, 0.29) is 5.82 Å². The maximum absolute atomic E-state index is 13.3. The van der Waals surface area contributed by atoms with Crippen LogP contribution in [0.25, 0.3) is 22.9 Å². The van der Waals surface area contributed by atoms with Crippen LogP contribution < -0.4 is 10.6 Å². The zero-order valence-corrected chi connectivity index (χ0v) is 14.6. The molecule has 1 fully saturated rings. The van der Waals surface area contributed by atoms with Crippen LogP contribution >= 0.6 is 0 Å². The molecule has 0 saturated carbocycles. The van der Waals surface area contributed by atoms with Crippen molar-refractivity contribution in [2.75, 3.05) is 25.5 Å². The Hall–Kier alpha value is -2.80. The highest BCUT2D eigenvalue weighted by Gasteiger charge is 2.24. The number of piperidine rings is 1. The van der Waals surface area contributed by atoms with Gasteiger partial charge in [0.15, 0.2) is 5.82 Å². The molecule has 0 atom stereocenters. The Bertz CT molecular complexity index is 883. The summed E-state index contributed by atoms with van der Waals surface area (Å²) < 4.78 is 15.6. The number of nitrogens with zero attached hydrogens (tertiary/aromatic N) is 4. The minimum absolute atomic E-state index is 0.251. The van der Waals surface area contributed by atoms with Gasteiger partial charge in [-0.25, -0.2) is 19.3 Å². The molecule has 6 nitrogen and oxygen atoms in total. The monoisotopic (exact) mass is 352 g/mol. The van der Waals surface area contributed by atoms with Crippen LogP contribution in [-0.4, -0.2) is 39.7 Å². The van der Waals surface area contributed by atoms with Gasteiger partial charge in [0.2, 0.25) is 0 Å². The average molecular weight is 352 g/mol. The lowest BCUT2D eigenvalue weighted by atomic mass is 10.1. The molecule has 2 N–H and O–H groups in total. The second-order valence-electron chi connectivity index (χ2n) is 6.34. The summed E-state index contributed by atoms with van der Waals surface area (Å²) in [5.74, 6) is 1.97. The molecule has 3 aromatic rings. The van der Waals surface area contributed by atoms with Crippen molar-refractivity contribution in [3.63, 3.8) is 0 Å². The predicted molar refractivity (Wildman–Crippen MR) is 99.3 cm³/mol. The molecule has 0 spiro atoms. The first-order valence-corrected chi connectivity index (χ1v) is 8.81. The van der Waals surface area contributed by atoms with Crippen LogP contribution in [0.2, 0.25) is 0 Å². The van der Waals surface area contributed by atoms with E-state index in [2.05, 4.69) is 30.2 Å². The van der Waals surface area contributed by atoms with Crippen LogP contribution in [0.4, 0.5) is 10.2 Å². The van der Waals surface area contributed by atoms with E-state index in [1.165, 1.54) is 12.1 Å². The molecule has 0 bridgehead atoms. The molecule has 0 radical (unpaired) electrons. The molecule has 134 valence electrons. The smallest absolute Gasteiger partial charge is 0.179 e. The minimum atomic E-state index is -0.251. The molecule has 0 unspecified atom stereocenters. The molecular weight excluding hydrogens is 331 g/mol. The fraction of sp³-hybridized carbons (Fsp3) is 0.316. The molecule has 1 aromatic carbocycles. The SMILES string of the molecule is CNc1ccnc(-c2cnc(-c3ccc(F)cc3)n2C2CCNCC2)n1. The van der Waals surface area contributed by atoms with Crippen LogP contribution in [0.15, 0.2) is 42.7 Å². The number of halogens is 1. The maximum atomic E-state index is 13.3. The van der Waals surface area contributed by atoms with Gasteiger partial charge in [0.25, 0.3) is 0 Å². The van der Waals surface area contributed by atoms with Crippen molar-refractivity contribution >= 4 is 5.82 Å². The van der Waals surface area contributed by atoms with Crippen molar-refractivity contribution in [2.24, 2.45) is 0 Å². The largest absolute Gasteiger partial charge is 0.373 e. The van der Waals surface area contributed by atoms with Crippen LogP contribution in [0.5, 0.6) is 0 Å². The second-order valence-corrected chi connectivity index (χ2v) is 6.34. The summed E-state index contributed by atoms with van der Waals surface area (Å²) in [6.45, 7) is 1.92. The molecule has 1 aliphatic heterocycles. The second kappa shape index (κ2) is 7.21. The zero-order valence-electron chi connectivity index (χ0n) is 14.6. The summed E-state index contributed by atoms with van der Waals surface area (Å²) in [7, 11) is 1.83. The fourth-order valence-corrected chi connectivity index (χ4v) is 3.39. The van der Waals surface area contributed by atoms with Crippen molar-refractivity contribution in [3.05, 3.63) is 48.5 Å². The number of anilines is 1. The van der Waals surface area contributed by atoms with Crippen LogP contribution in [0.3, 0.4) is 0 Å². The summed E-state index contributed by atoms with van der Waals surface area (Å²) in [6, 6.07) is 8.60. The van der Waals surface area contributed by atoms with Gasteiger partial charge in [0, 0.05) is 24.8 Å². The van der Waals surface area contributed by atoms with Crippen molar-refractivity contribution in [2.45, 2.75) is 18.9 Å². The van der Waals surface area contributed by atoms with Gasteiger partial charge in [-0.1, -0.05) is 0 Å². The Labute approximate surface area is 151 Å². The Kier molecular flexibility index (Phi) is 4.62. The average Bonchev–Trinajstić information content (AvgIpc) is 3.14. The number of imidazole rings is 1. The van der Waals surface area contributed by atoms with E-state index < -0.39 is 0 Å². The first-order chi connectivity index (χ1) is 12.8. The van der Waals surface area contributed by atoms with Gasteiger partial charge in [-0.05, 0) is 56.3 Å². The van der Waals surface area contributed by atoms with Crippen LogP contribution in [0.1, 0.15) is 18.9 Å². The van der Waals surface area contributed by atoms with Gasteiger partial charge >= 0.3 is 0 Å². The predicted octanol–water partition coefficient (Wildman–Crippen LogP) is 3.11. The summed E-state index contributed by atoms with van der Waals surface area (Å²) in [6.07, 6.45) is 5.56. The van der Waals surface area contributed by atoms with Gasteiger partial charge in [0.1, 0.15) is 23.2 Å². The standard InChI is InChI=1S/C19H21FN6/c1-21-17-8-11-23-18(25-17)16-12-24-19(13-2-4-14(20)5-3-13)26(16)15-6-9-22-10-7-15/h2-5,8,11-12,15,22H,6-7,9-10H2,1H3,(H,21,23,25). The van der Waals surface area contributed by atoms with Crippen LogP contribution in [-0.2, 0) is 0 Å². The molecule has 3 heterocycles. The molecule has 7 heteroatoms. The third-order valence-electron chi connectivity index (χ3n) is 4.71. The van der Waals surface area contributed by atoms with E-state index in [4.69, 9.17) is 0 Å². The van der Waals surface area contributed by atoms with Gasteiger partial charge in [-0.2, -0.15) is 0 Å². The summed E-state index contributed by atoms with van der Waals surface area (Å²) in [5, 5.41) is 6.44. The topological polar surface area (TPSA) is 67.7 Å². The Morgan fingerprint density at radius 3 is 2.62 bits per heavy atom. The van der Waals surface area contributed by atoms with Crippen molar-refractivity contribution in [3.8, 4) is 22.9 Å². The molecule has 4 rings (SSSR count). The molecule has 26 heavy (non-hydrogen) atoms. The molecule has 2 aromatic heterocycles. The fourth-order valence-electron chi connectivity index (χ4n) is 3.39.